The van der Waals surface area contributed by atoms with Gasteiger partial charge >= 0.3 is 200 Å². The van der Waals surface area contributed by atoms with Crippen LogP contribution in [0.15, 0.2) is 265 Å². The SMILES string of the molecule is CCc1ccccc1C1=CC(C)=[C-]C1.CCc1ccccc1C1=CC(C)=[C-]C1.CCc1ccccc1C1=CC(C)=[C-]C1.CCc1ccccc1C1=CC(C)=[C-]C1.[Cl-].[Cl-].[Zr+2]=[Si](c1ccccc1)c1ccccc1.[Zr+2]=[Si](c1ccccc1)c1ccccc1. The zero-order valence-electron chi connectivity index (χ0n) is 51.5. The Morgan fingerprint density at radius 2 is 0.453 bits per heavy atom. The van der Waals surface area contributed by atoms with E-state index in [9.17, 15) is 0 Å². The van der Waals surface area contributed by atoms with Gasteiger partial charge in [-0.25, -0.2) is 46.6 Å². The molecule has 0 amide bonds. The average molecular weight is 1350 g/mol. The zero-order chi connectivity index (χ0) is 59.5. The molecule has 8 aromatic rings. The Hall–Kier alpha value is -5.54. The minimum atomic E-state index is -0.455. The molecule has 0 saturated heterocycles. The molecular weight excluding hydrogens is 1270 g/mol. The molecule has 0 radical (unpaired) electrons. The summed E-state index contributed by atoms with van der Waals surface area (Å²) >= 11 is 3.29. The topological polar surface area (TPSA) is 0 Å². The van der Waals surface area contributed by atoms with Crippen LogP contribution in [0.5, 0.6) is 0 Å². The van der Waals surface area contributed by atoms with Crippen molar-refractivity contribution in [3.63, 3.8) is 0 Å². The Morgan fingerprint density at radius 3 is 0.616 bits per heavy atom. The van der Waals surface area contributed by atoms with E-state index in [-0.39, 0.29) is 24.8 Å². The summed E-state index contributed by atoms with van der Waals surface area (Å²) in [6.07, 6.45) is 30.7. The summed E-state index contributed by atoms with van der Waals surface area (Å²) < 4.78 is 0. The Labute approximate surface area is 560 Å². The van der Waals surface area contributed by atoms with E-state index in [0.29, 0.717) is 0 Å². The first kappa shape index (κ1) is 71.2. The van der Waals surface area contributed by atoms with Crippen molar-refractivity contribution < 1.29 is 71.5 Å². The van der Waals surface area contributed by atoms with E-state index in [0.717, 1.165) is 51.4 Å². The van der Waals surface area contributed by atoms with Crippen LogP contribution in [0.2, 0.25) is 0 Å². The molecule has 6 heteroatoms. The number of hydrogen-bond acceptors (Lipinski definition) is 0. The van der Waals surface area contributed by atoms with E-state index in [1.807, 2.05) is 0 Å². The van der Waals surface area contributed by atoms with E-state index in [1.165, 1.54) is 110 Å². The average Bonchev–Trinajstić information content (AvgIpc) is 4.41. The first-order chi connectivity index (χ1) is 41.0. The van der Waals surface area contributed by atoms with Crippen LogP contribution in [0.3, 0.4) is 0 Å². The van der Waals surface area contributed by atoms with Gasteiger partial charge in [0.2, 0.25) is 0 Å². The van der Waals surface area contributed by atoms with Gasteiger partial charge in [-0.3, -0.25) is 24.3 Å². The molecule has 0 heterocycles. The zero-order valence-corrected chi connectivity index (χ0v) is 59.9. The summed E-state index contributed by atoms with van der Waals surface area (Å²) in [6.45, 7) is 17.3. The minimum absolute atomic E-state index is 0. The number of benzene rings is 8. The Morgan fingerprint density at radius 1 is 0.279 bits per heavy atom. The predicted octanol–water partition coefficient (Wildman–Crippen LogP) is 11.8. The van der Waals surface area contributed by atoms with Gasteiger partial charge < -0.3 is 24.8 Å². The summed E-state index contributed by atoms with van der Waals surface area (Å²) in [6, 6.07) is 78.0. The fourth-order valence-corrected chi connectivity index (χ4v) is 18.1. The molecule has 0 N–H and O–H groups in total. The number of hydrogen-bond donors (Lipinski definition) is 0. The maximum absolute atomic E-state index is 3.34. The molecule has 0 nitrogen and oxygen atoms in total. The van der Waals surface area contributed by atoms with Gasteiger partial charge in [-0.1, -0.05) is 152 Å². The van der Waals surface area contributed by atoms with Gasteiger partial charge in [-0.2, -0.15) is 0 Å². The number of rotatable bonds is 12. The van der Waals surface area contributed by atoms with Gasteiger partial charge in [0.05, 0.1) is 0 Å². The van der Waals surface area contributed by atoms with Crippen molar-refractivity contribution in [3.05, 3.63) is 334 Å². The number of allylic oxidation sites excluding steroid dienone is 16. The molecule has 4 aliphatic carbocycles. The fourth-order valence-electron chi connectivity index (χ4n) is 10.4. The fraction of sp³-hybridized carbons (Fsp3) is 0.200. The first-order valence-corrected chi connectivity index (χ1v) is 40.2. The van der Waals surface area contributed by atoms with Crippen molar-refractivity contribution in [2.75, 3.05) is 0 Å². The van der Waals surface area contributed by atoms with E-state index in [2.05, 4.69) is 322 Å². The molecule has 12 rings (SSSR count). The summed E-state index contributed by atoms with van der Waals surface area (Å²) in [5.74, 6) is 0. The van der Waals surface area contributed by atoms with Gasteiger partial charge in [0, 0.05) is 0 Å². The van der Waals surface area contributed by atoms with Crippen LogP contribution in [-0.4, -0.2) is 10.9 Å². The van der Waals surface area contributed by atoms with Crippen molar-refractivity contribution in [1.29, 1.82) is 0 Å². The van der Waals surface area contributed by atoms with E-state index in [4.69, 9.17) is 0 Å². The van der Waals surface area contributed by atoms with Crippen LogP contribution >= 0.6 is 0 Å². The van der Waals surface area contributed by atoms with Crippen molar-refractivity contribution in [2.45, 2.75) is 107 Å². The molecule has 0 atom stereocenters. The summed E-state index contributed by atoms with van der Waals surface area (Å²) in [7, 11) is 0. The summed E-state index contributed by atoms with van der Waals surface area (Å²) in [5.41, 5.74) is 21.2. The normalized spacial score (nSPS) is 13.2. The van der Waals surface area contributed by atoms with Crippen LogP contribution < -0.4 is 45.6 Å². The third-order valence-electron chi connectivity index (χ3n) is 15.0. The van der Waals surface area contributed by atoms with Crippen LogP contribution in [-0.2, 0) is 72.4 Å². The van der Waals surface area contributed by atoms with Gasteiger partial charge in [-0.15, -0.1) is 48.0 Å². The van der Waals surface area contributed by atoms with Crippen molar-refractivity contribution in [2.24, 2.45) is 0 Å². The molecule has 0 saturated carbocycles. The van der Waals surface area contributed by atoms with E-state index >= 15 is 0 Å². The second-order valence-electron chi connectivity index (χ2n) is 21.1. The predicted molar refractivity (Wildman–Crippen MR) is 359 cm³/mol. The van der Waals surface area contributed by atoms with Gasteiger partial charge in [-0.05, 0) is 70.2 Å². The Bertz CT molecular complexity index is 3230. The third-order valence-corrected chi connectivity index (χ3v) is 27.2. The van der Waals surface area contributed by atoms with Gasteiger partial charge in [0.1, 0.15) is 0 Å². The summed E-state index contributed by atoms with van der Waals surface area (Å²) in [5, 5.41) is 6.06. The van der Waals surface area contributed by atoms with Crippen LogP contribution in [0.4, 0.5) is 0 Å². The monoisotopic (exact) mass is 1350 g/mol. The summed E-state index contributed by atoms with van der Waals surface area (Å²) in [4.78, 5) is 0. The Kier molecular flexibility index (Phi) is 32.0. The van der Waals surface area contributed by atoms with Crippen molar-refractivity contribution >= 4 is 53.9 Å². The molecule has 0 bridgehead atoms. The third kappa shape index (κ3) is 21.9. The Balaban J connectivity index is 0.000000187. The molecule has 0 spiro atoms. The first-order valence-electron chi connectivity index (χ1n) is 29.8. The molecular formula is C80H80Cl2Si2Zr2-2. The molecule has 0 aromatic heterocycles. The maximum atomic E-state index is 3.34. The molecule has 0 fully saturated rings. The van der Waals surface area contributed by atoms with Crippen molar-refractivity contribution in [3.8, 4) is 0 Å². The number of aryl methyl sites for hydroxylation is 4. The standard InChI is InChI=1S/4C14H15.2C12H10Si.2ClH.2Zr/c4*1-3-12-6-4-5-7-14(12)13-9-8-11(2)10-13;2*1-3-7-11(8-4-1)13-12-9-5-2-6-10-12;;;;/h4*4-7,10H,3,9H2,1-2H3;2*1-10H;2*1H;;/q4*-1;;;;;2*+2/p-2. The second-order valence-corrected chi connectivity index (χ2v) is 32.3. The van der Waals surface area contributed by atoms with E-state index in [1.54, 1.807) is 46.7 Å². The van der Waals surface area contributed by atoms with Crippen LogP contribution in [0.25, 0.3) is 22.3 Å². The van der Waals surface area contributed by atoms with Crippen molar-refractivity contribution in [1.82, 2.24) is 0 Å². The van der Waals surface area contributed by atoms with Crippen LogP contribution in [0.1, 0.15) is 126 Å². The van der Waals surface area contributed by atoms with Gasteiger partial charge in [0.15, 0.2) is 0 Å². The molecule has 0 unspecified atom stereocenters. The quantitative estimate of drug-likeness (QED) is 0.0845. The van der Waals surface area contributed by atoms with E-state index < -0.39 is 10.9 Å². The molecule has 432 valence electrons. The molecule has 8 aromatic carbocycles. The van der Waals surface area contributed by atoms with Gasteiger partial charge in [0.25, 0.3) is 0 Å². The number of halogens is 2. The molecule has 4 aliphatic rings. The molecule has 0 aliphatic heterocycles. The molecule has 86 heavy (non-hydrogen) atoms. The second kappa shape index (κ2) is 38.7. The van der Waals surface area contributed by atoms with Crippen LogP contribution in [0, 0.1) is 24.3 Å².